The normalized spacial score (nSPS) is 11.2. The minimum absolute atomic E-state index is 0.225. The zero-order valence-corrected chi connectivity index (χ0v) is 17.8. The molecule has 0 radical (unpaired) electrons. The fourth-order valence-electron chi connectivity index (χ4n) is 4.09. The van der Waals surface area contributed by atoms with Gasteiger partial charge in [0.15, 0.2) is 11.5 Å². The Morgan fingerprint density at radius 3 is 1.72 bits per heavy atom. The summed E-state index contributed by atoms with van der Waals surface area (Å²) >= 11 is 0. The van der Waals surface area contributed by atoms with E-state index in [2.05, 4.69) is 6.92 Å². The second kappa shape index (κ2) is 12.4. The van der Waals surface area contributed by atoms with E-state index >= 15 is 0 Å². The molecule has 0 amide bonds. The Bertz CT molecular complexity index is 782. The standard InChI is InChI=1S/C25H36O4/c1-2-3-4-5-6-7-8-9-10-11-12-13-18-21-19-16-14-15-17-20(19)22(25(28)29)24(27)23(21)26/h14-17,26-27H,2-13,18H2,1H3,(H,28,29). The number of hydrogen-bond acceptors (Lipinski definition) is 3. The Labute approximate surface area is 174 Å². The molecule has 0 aliphatic heterocycles. The Balaban J connectivity index is 1.78. The number of aromatic hydroxyl groups is 2. The van der Waals surface area contributed by atoms with Crippen molar-refractivity contribution in [3.05, 3.63) is 35.4 Å². The van der Waals surface area contributed by atoms with E-state index in [9.17, 15) is 20.1 Å². The third-order valence-electron chi connectivity index (χ3n) is 5.76. The second-order valence-corrected chi connectivity index (χ2v) is 8.04. The fourth-order valence-corrected chi connectivity index (χ4v) is 4.09. The van der Waals surface area contributed by atoms with Crippen LogP contribution in [-0.4, -0.2) is 21.3 Å². The molecular weight excluding hydrogens is 364 g/mol. The predicted molar refractivity (Wildman–Crippen MR) is 119 cm³/mol. The maximum atomic E-state index is 11.5. The first-order valence-corrected chi connectivity index (χ1v) is 11.3. The zero-order valence-electron chi connectivity index (χ0n) is 17.8. The number of carboxylic acids is 1. The van der Waals surface area contributed by atoms with Crippen molar-refractivity contribution >= 4 is 16.7 Å². The minimum Gasteiger partial charge on any atom is -0.504 e. The van der Waals surface area contributed by atoms with Crippen LogP contribution in [0.4, 0.5) is 0 Å². The van der Waals surface area contributed by atoms with Gasteiger partial charge in [0.1, 0.15) is 5.56 Å². The molecule has 3 N–H and O–H groups in total. The molecule has 2 aromatic carbocycles. The summed E-state index contributed by atoms with van der Waals surface area (Å²) < 4.78 is 0. The van der Waals surface area contributed by atoms with Gasteiger partial charge in [-0.3, -0.25) is 0 Å². The molecule has 2 aromatic rings. The van der Waals surface area contributed by atoms with E-state index in [1.165, 1.54) is 64.2 Å². The first-order valence-electron chi connectivity index (χ1n) is 11.3. The molecule has 0 spiro atoms. The summed E-state index contributed by atoms with van der Waals surface area (Å²) in [6, 6.07) is 7.08. The monoisotopic (exact) mass is 400 g/mol. The minimum atomic E-state index is -1.23. The van der Waals surface area contributed by atoms with Gasteiger partial charge >= 0.3 is 5.97 Å². The molecule has 4 heteroatoms. The summed E-state index contributed by atoms with van der Waals surface area (Å²) in [7, 11) is 0. The Morgan fingerprint density at radius 2 is 1.21 bits per heavy atom. The molecule has 0 aromatic heterocycles. The van der Waals surface area contributed by atoms with Crippen molar-refractivity contribution < 1.29 is 20.1 Å². The van der Waals surface area contributed by atoms with Gasteiger partial charge < -0.3 is 15.3 Å². The average molecular weight is 401 g/mol. The predicted octanol–water partition coefficient (Wildman–Crippen LogP) is 7.19. The van der Waals surface area contributed by atoms with Crippen LogP contribution < -0.4 is 0 Å². The van der Waals surface area contributed by atoms with E-state index in [1.54, 1.807) is 12.1 Å². The van der Waals surface area contributed by atoms with E-state index < -0.39 is 11.7 Å². The summed E-state index contributed by atoms with van der Waals surface area (Å²) in [4.78, 5) is 11.5. The van der Waals surface area contributed by atoms with Crippen molar-refractivity contribution in [1.82, 2.24) is 0 Å². The number of carbonyl (C=O) groups is 1. The molecule has 0 unspecified atom stereocenters. The van der Waals surface area contributed by atoms with Crippen molar-refractivity contribution in [3.8, 4) is 11.5 Å². The topological polar surface area (TPSA) is 77.8 Å². The fraction of sp³-hybridized carbons (Fsp3) is 0.560. The molecule has 4 nitrogen and oxygen atoms in total. The third-order valence-corrected chi connectivity index (χ3v) is 5.76. The average Bonchev–Trinajstić information content (AvgIpc) is 2.71. The van der Waals surface area contributed by atoms with Crippen LogP contribution in [0.2, 0.25) is 0 Å². The number of aromatic carboxylic acids is 1. The second-order valence-electron chi connectivity index (χ2n) is 8.04. The van der Waals surface area contributed by atoms with Gasteiger partial charge in [-0.05, 0) is 18.2 Å². The zero-order chi connectivity index (χ0) is 21.1. The number of rotatable bonds is 14. The molecule has 2 rings (SSSR count). The molecule has 0 saturated carbocycles. The van der Waals surface area contributed by atoms with Gasteiger partial charge in [-0.25, -0.2) is 4.79 Å². The van der Waals surface area contributed by atoms with Gasteiger partial charge in [0.25, 0.3) is 0 Å². The molecule has 0 fully saturated rings. The highest BCUT2D eigenvalue weighted by Crippen LogP contribution is 2.41. The maximum absolute atomic E-state index is 11.5. The van der Waals surface area contributed by atoms with E-state index in [0.717, 1.165) is 12.8 Å². The lowest BCUT2D eigenvalue weighted by molar-refractivity contribution is 0.0695. The highest BCUT2D eigenvalue weighted by molar-refractivity contribution is 6.08. The van der Waals surface area contributed by atoms with Crippen molar-refractivity contribution in [2.24, 2.45) is 0 Å². The number of phenolic OH excluding ortho intramolecular Hbond substituents is 1. The lowest BCUT2D eigenvalue weighted by atomic mass is 9.94. The first-order chi connectivity index (χ1) is 14.1. The molecule has 0 bridgehead atoms. The molecule has 0 aliphatic rings. The summed E-state index contributed by atoms with van der Waals surface area (Å²) in [6.45, 7) is 2.25. The molecule has 0 saturated heterocycles. The lowest BCUT2D eigenvalue weighted by Crippen LogP contribution is -2.01. The number of aryl methyl sites for hydroxylation is 1. The van der Waals surface area contributed by atoms with Crippen LogP contribution in [0.25, 0.3) is 10.8 Å². The van der Waals surface area contributed by atoms with E-state index in [1.807, 2.05) is 12.1 Å². The third kappa shape index (κ3) is 6.66. The van der Waals surface area contributed by atoms with Crippen LogP contribution in [-0.2, 0) is 6.42 Å². The number of hydrogen-bond donors (Lipinski definition) is 3. The Morgan fingerprint density at radius 1 is 0.724 bits per heavy atom. The highest BCUT2D eigenvalue weighted by atomic mass is 16.4. The number of carboxylic acid groups (broad SMARTS) is 1. The van der Waals surface area contributed by atoms with E-state index in [4.69, 9.17) is 0 Å². The Kier molecular flexibility index (Phi) is 9.82. The van der Waals surface area contributed by atoms with Crippen LogP contribution in [0.15, 0.2) is 24.3 Å². The van der Waals surface area contributed by atoms with Crippen LogP contribution in [0, 0.1) is 0 Å². The maximum Gasteiger partial charge on any atom is 0.340 e. The van der Waals surface area contributed by atoms with Gasteiger partial charge in [0.2, 0.25) is 0 Å². The molecule has 29 heavy (non-hydrogen) atoms. The van der Waals surface area contributed by atoms with Crippen molar-refractivity contribution in [1.29, 1.82) is 0 Å². The summed E-state index contributed by atoms with van der Waals surface area (Å²) in [5.74, 6) is -2.04. The van der Waals surface area contributed by atoms with Crippen molar-refractivity contribution in [2.45, 2.75) is 90.4 Å². The number of fused-ring (bicyclic) bond motifs is 1. The first kappa shape index (κ1) is 23.1. The summed E-state index contributed by atoms with van der Waals surface area (Å²) in [5.41, 5.74) is 0.423. The highest BCUT2D eigenvalue weighted by Gasteiger charge is 2.22. The van der Waals surface area contributed by atoms with Gasteiger partial charge in [0.05, 0.1) is 0 Å². The Hall–Kier alpha value is -2.23. The van der Waals surface area contributed by atoms with Gasteiger partial charge in [-0.2, -0.15) is 0 Å². The van der Waals surface area contributed by atoms with E-state index in [0.29, 0.717) is 22.8 Å². The largest absolute Gasteiger partial charge is 0.504 e. The van der Waals surface area contributed by atoms with Gasteiger partial charge in [0, 0.05) is 10.9 Å². The molecular formula is C25H36O4. The number of unbranched alkanes of at least 4 members (excludes halogenated alkanes) is 11. The van der Waals surface area contributed by atoms with Crippen molar-refractivity contribution in [2.75, 3.05) is 0 Å². The van der Waals surface area contributed by atoms with E-state index in [-0.39, 0.29) is 11.3 Å². The molecule has 0 heterocycles. The SMILES string of the molecule is CCCCCCCCCCCCCCc1c(O)c(O)c(C(=O)O)c2ccccc12. The van der Waals surface area contributed by atoms with Crippen LogP contribution in [0.5, 0.6) is 11.5 Å². The van der Waals surface area contributed by atoms with Crippen LogP contribution >= 0.6 is 0 Å². The lowest BCUT2D eigenvalue weighted by Gasteiger charge is -2.14. The smallest absolute Gasteiger partial charge is 0.340 e. The van der Waals surface area contributed by atoms with Gasteiger partial charge in [-0.1, -0.05) is 102 Å². The molecule has 0 aliphatic carbocycles. The summed E-state index contributed by atoms with van der Waals surface area (Å²) in [5, 5.41) is 31.2. The molecule has 160 valence electrons. The molecule has 0 atom stereocenters. The van der Waals surface area contributed by atoms with Crippen LogP contribution in [0.1, 0.15) is 99.9 Å². The summed E-state index contributed by atoms with van der Waals surface area (Å²) in [6.07, 6.45) is 15.8. The van der Waals surface area contributed by atoms with Crippen molar-refractivity contribution in [3.63, 3.8) is 0 Å². The van der Waals surface area contributed by atoms with Crippen LogP contribution in [0.3, 0.4) is 0 Å². The number of phenols is 2. The van der Waals surface area contributed by atoms with Gasteiger partial charge in [-0.15, -0.1) is 0 Å². The number of benzene rings is 2. The quantitative estimate of drug-likeness (QED) is 0.231.